The van der Waals surface area contributed by atoms with Crippen molar-refractivity contribution in [1.29, 1.82) is 0 Å². The molecule has 0 amide bonds. The van der Waals surface area contributed by atoms with Crippen LogP contribution in [0.2, 0.25) is 0 Å². The van der Waals surface area contributed by atoms with Gasteiger partial charge in [-0.15, -0.1) is 0 Å². The summed E-state index contributed by atoms with van der Waals surface area (Å²) >= 11 is 0. The number of nitrogens with zero attached hydrogens (tertiary/aromatic N) is 4. The maximum atomic E-state index is 13.3. The average molecular weight is 589 g/mol. The first kappa shape index (κ1) is 27.8. The van der Waals surface area contributed by atoms with E-state index in [1.54, 1.807) is 6.07 Å². The van der Waals surface area contributed by atoms with Crippen LogP contribution in [-0.4, -0.2) is 53.7 Å². The first-order chi connectivity index (χ1) is 20.8. The summed E-state index contributed by atoms with van der Waals surface area (Å²) in [5.74, 6) is 2.39. The molecular formula is C31H36N6O6. The zero-order valence-electron chi connectivity index (χ0n) is 23.8. The molecule has 0 saturated heterocycles. The molecule has 5 N–H and O–H groups in total. The fraction of sp³-hybridized carbons (Fsp3) is 0.452. The van der Waals surface area contributed by atoms with Gasteiger partial charge in [-0.3, -0.25) is 4.57 Å². The van der Waals surface area contributed by atoms with Gasteiger partial charge in [0.05, 0.1) is 22.9 Å². The molecule has 1 aromatic carbocycles. The Labute approximate surface area is 247 Å². The molecule has 0 spiro atoms. The molecule has 0 bridgehead atoms. The second kappa shape index (κ2) is 11.3. The molecule has 226 valence electrons. The topological polar surface area (TPSA) is 156 Å². The first-order valence-corrected chi connectivity index (χ1v) is 15.1. The Morgan fingerprint density at radius 3 is 2.40 bits per heavy atom. The van der Waals surface area contributed by atoms with E-state index in [1.165, 1.54) is 36.4 Å². The molecule has 0 unspecified atom stereocenters. The second-order valence-electron chi connectivity index (χ2n) is 11.7. The number of aromatic nitrogens is 4. The lowest BCUT2D eigenvalue weighted by atomic mass is 10.1. The van der Waals surface area contributed by atoms with Crippen molar-refractivity contribution >= 4 is 22.7 Å². The summed E-state index contributed by atoms with van der Waals surface area (Å²) in [5.41, 5.74) is 2.56. The largest absolute Gasteiger partial charge is 0.486 e. The molecule has 4 aromatic rings. The SMILES string of the molecule is O=c1n(C2CCCC2)c2cc(Nc3cc(CNC4CCCC4)cc(-c4ccc5c(c4)OCCO5)n3)ncc2n1C(O)(O)O. The van der Waals surface area contributed by atoms with E-state index in [-0.39, 0.29) is 11.6 Å². The fourth-order valence-electron chi connectivity index (χ4n) is 6.62. The first-order valence-electron chi connectivity index (χ1n) is 15.1. The van der Waals surface area contributed by atoms with Crippen molar-refractivity contribution in [2.75, 3.05) is 18.5 Å². The van der Waals surface area contributed by atoms with E-state index >= 15 is 0 Å². The van der Waals surface area contributed by atoms with E-state index in [0.717, 1.165) is 42.5 Å². The Morgan fingerprint density at radius 2 is 1.63 bits per heavy atom. The van der Waals surface area contributed by atoms with Crippen LogP contribution in [0.25, 0.3) is 22.3 Å². The van der Waals surface area contributed by atoms with Crippen LogP contribution in [0.4, 0.5) is 11.6 Å². The quantitative estimate of drug-likeness (QED) is 0.193. The number of imidazole rings is 1. The lowest BCUT2D eigenvalue weighted by Gasteiger charge is -2.19. The molecule has 12 heteroatoms. The van der Waals surface area contributed by atoms with Crippen LogP contribution in [0, 0.1) is 0 Å². The molecule has 4 heterocycles. The molecule has 2 saturated carbocycles. The number of benzene rings is 1. The number of ether oxygens (including phenoxy) is 2. The van der Waals surface area contributed by atoms with Crippen LogP contribution in [0.5, 0.6) is 11.5 Å². The molecule has 0 atom stereocenters. The Kier molecular flexibility index (Phi) is 7.29. The monoisotopic (exact) mass is 588 g/mol. The van der Waals surface area contributed by atoms with Crippen LogP contribution in [0.3, 0.4) is 0 Å². The summed E-state index contributed by atoms with van der Waals surface area (Å²) in [6.07, 6.45) is 6.36. The van der Waals surface area contributed by atoms with Gasteiger partial charge in [-0.05, 0) is 61.6 Å². The van der Waals surface area contributed by atoms with Gasteiger partial charge in [0.15, 0.2) is 11.5 Å². The number of pyridine rings is 2. The number of hydrogen-bond donors (Lipinski definition) is 5. The van der Waals surface area contributed by atoms with Crippen LogP contribution in [0.15, 0.2) is 47.4 Å². The number of anilines is 2. The average Bonchev–Trinajstić information content (AvgIpc) is 3.76. The molecule has 3 aromatic heterocycles. The number of hydrogen-bond acceptors (Lipinski definition) is 10. The van der Waals surface area contributed by atoms with Crippen molar-refractivity contribution < 1.29 is 24.8 Å². The van der Waals surface area contributed by atoms with Gasteiger partial charge in [-0.2, -0.15) is 0 Å². The highest BCUT2D eigenvalue weighted by Crippen LogP contribution is 2.36. The van der Waals surface area contributed by atoms with E-state index in [9.17, 15) is 20.1 Å². The summed E-state index contributed by atoms with van der Waals surface area (Å²) in [6.45, 7) is 1.70. The van der Waals surface area contributed by atoms with Gasteiger partial charge in [0.25, 0.3) is 0 Å². The van der Waals surface area contributed by atoms with E-state index in [4.69, 9.17) is 14.5 Å². The molecule has 3 aliphatic rings. The minimum Gasteiger partial charge on any atom is -0.486 e. The highest BCUT2D eigenvalue weighted by molar-refractivity contribution is 5.79. The smallest absolute Gasteiger partial charge is 0.377 e. The van der Waals surface area contributed by atoms with Gasteiger partial charge >= 0.3 is 11.8 Å². The fourth-order valence-corrected chi connectivity index (χ4v) is 6.62. The van der Waals surface area contributed by atoms with E-state index in [0.29, 0.717) is 59.0 Å². The lowest BCUT2D eigenvalue weighted by Crippen LogP contribution is -2.41. The predicted molar refractivity (Wildman–Crippen MR) is 159 cm³/mol. The summed E-state index contributed by atoms with van der Waals surface area (Å²) in [7, 11) is 0. The van der Waals surface area contributed by atoms with Crippen molar-refractivity contribution in [2.45, 2.75) is 76.1 Å². The van der Waals surface area contributed by atoms with Gasteiger partial charge in [-0.25, -0.2) is 19.3 Å². The Hall–Kier alpha value is -3.97. The standard InChI is InChI=1S/C31H36N6O6/c38-30-36(22-7-3-4-8-22)24-16-28(33-18-25(24)37(30)31(39,40)41)35-29-14-19(17-32-21-5-1-2-6-21)13-23(34-29)20-9-10-26-27(15-20)43-12-11-42-26/h9-10,13-16,18,21-22,32,39-41H,1-8,11-12,17H2,(H,33,34,35). The third-order valence-electron chi connectivity index (χ3n) is 8.68. The zero-order valence-corrected chi connectivity index (χ0v) is 23.8. The minimum atomic E-state index is -3.35. The van der Waals surface area contributed by atoms with Crippen LogP contribution in [-0.2, 0) is 12.6 Å². The molecule has 2 aliphatic carbocycles. The molecule has 7 rings (SSSR count). The Morgan fingerprint density at radius 1 is 0.884 bits per heavy atom. The predicted octanol–water partition coefficient (Wildman–Crippen LogP) is 3.47. The third kappa shape index (κ3) is 5.58. The van der Waals surface area contributed by atoms with Crippen molar-refractivity contribution in [3.63, 3.8) is 0 Å². The zero-order chi connectivity index (χ0) is 29.6. The number of rotatable bonds is 8. The van der Waals surface area contributed by atoms with Gasteiger partial charge in [0.1, 0.15) is 24.8 Å². The maximum Gasteiger partial charge on any atom is 0.377 e. The summed E-state index contributed by atoms with van der Waals surface area (Å²) < 4.78 is 13.6. The van der Waals surface area contributed by atoms with E-state index in [1.807, 2.05) is 24.3 Å². The van der Waals surface area contributed by atoms with Crippen LogP contribution >= 0.6 is 0 Å². The molecule has 43 heavy (non-hydrogen) atoms. The molecular weight excluding hydrogens is 552 g/mol. The summed E-state index contributed by atoms with van der Waals surface area (Å²) in [5, 5.41) is 36.9. The highest BCUT2D eigenvalue weighted by Gasteiger charge is 2.32. The van der Waals surface area contributed by atoms with Crippen LogP contribution < -0.4 is 25.8 Å². The minimum absolute atomic E-state index is 0.112. The van der Waals surface area contributed by atoms with Crippen molar-refractivity contribution in [1.82, 2.24) is 24.4 Å². The third-order valence-corrected chi connectivity index (χ3v) is 8.68. The Balaban J connectivity index is 1.26. The number of nitrogens with one attached hydrogen (secondary N) is 2. The normalized spacial score (nSPS) is 17.7. The molecule has 0 radical (unpaired) electrons. The molecule has 12 nitrogen and oxygen atoms in total. The molecule has 2 fully saturated rings. The maximum absolute atomic E-state index is 13.3. The van der Waals surface area contributed by atoms with E-state index < -0.39 is 11.8 Å². The Bertz CT molecular complexity index is 1700. The second-order valence-corrected chi connectivity index (χ2v) is 11.7. The number of fused-ring (bicyclic) bond motifs is 2. The van der Waals surface area contributed by atoms with E-state index in [2.05, 4.69) is 21.7 Å². The summed E-state index contributed by atoms with van der Waals surface area (Å²) in [6, 6.07) is 11.9. The van der Waals surface area contributed by atoms with Gasteiger partial charge in [0, 0.05) is 30.3 Å². The van der Waals surface area contributed by atoms with Crippen LogP contribution in [0.1, 0.15) is 63.0 Å². The van der Waals surface area contributed by atoms with Gasteiger partial charge in [0.2, 0.25) is 0 Å². The van der Waals surface area contributed by atoms with Crippen molar-refractivity contribution in [3.8, 4) is 22.8 Å². The molecule has 1 aliphatic heterocycles. The number of aliphatic hydroxyl groups is 3. The summed E-state index contributed by atoms with van der Waals surface area (Å²) in [4.78, 5) is 22.6. The van der Waals surface area contributed by atoms with Crippen molar-refractivity contribution in [3.05, 3.63) is 58.6 Å². The van der Waals surface area contributed by atoms with Crippen molar-refractivity contribution in [2.24, 2.45) is 0 Å². The van der Waals surface area contributed by atoms with Gasteiger partial charge in [-0.1, -0.05) is 25.7 Å². The highest BCUT2D eigenvalue weighted by atomic mass is 16.7. The lowest BCUT2D eigenvalue weighted by molar-refractivity contribution is -0.374. The van der Waals surface area contributed by atoms with Gasteiger partial charge < -0.3 is 35.4 Å².